The van der Waals surface area contributed by atoms with Crippen LogP contribution in [0.4, 0.5) is 5.82 Å². The molecule has 2 aromatic carbocycles. The van der Waals surface area contributed by atoms with E-state index in [9.17, 15) is 5.26 Å². The molecule has 1 heterocycles. The summed E-state index contributed by atoms with van der Waals surface area (Å²) >= 11 is 0. The van der Waals surface area contributed by atoms with Crippen LogP contribution < -0.4 is 15.2 Å². The maximum absolute atomic E-state index is 9.55. The van der Waals surface area contributed by atoms with Gasteiger partial charge in [-0.2, -0.15) is 5.26 Å². The van der Waals surface area contributed by atoms with Crippen molar-refractivity contribution in [2.24, 2.45) is 0 Å². The molecular formula is C22H21N3O2. The van der Waals surface area contributed by atoms with Crippen molar-refractivity contribution >= 4 is 5.82 Å². The van der Waals surface area contributed by atoms with Crippen LogP contribution in [-0.2, 0) is 0 Å². The highest BCUT2D eigenvalue weighted by molar-refractivity contribution is 5.80. The molecular weight excluding hydrogens is 338 g/mol. The van der Waals surface area contributed by atoms with E-state index in [1.165, 1.54) is 0 Å². The van der Waals surface area contributed by atoms with E-state index in [-0.39, 0.29) is 5.82 Å². The van der Waals surface area contributed by atoms with E-state index in [1.807, 2.05) is 54.6 Å². The van der Waals surface area contributed by atoms with Crippen LogP contribution in [0.5, 0.6) is 11.5 Å². The fraction of sp³-hybridized carbons (Fsp3) is 0.182. The first-order valence-electron chi connectivity index (χ1n) is 8.74. The number of nitrogens with two attached hydrogens (primary N) is 1. The van der Waals surface area contributed by atoms with Crippen LogP contribution in [0.2, 0.25) is 0 Å². The Kier molecular flexibility index (Phi) is 5.58. The fourth-order valence-corrected chi connectivity index (χ4v) is 2.77. The van der Waals surface area contributed by atoms with Gasteiger partial charge in [-0.3, -0.25) is 0 Å². The molecule has 0 aliphatic carbocycles. The standard InChI is InChI=1S/C22H21N3O2/c1-3-12-27-18-10-4-15(5-11-18)19-13-21(25-22(24)20(19)14-23)16-6-8-17(26-2)9-7-16/h4-11,13H,3,12H2,1-2H3,(H2,24,25). The molecule has 0 aliphatic rings. The molecule has 0 amide bonds. The number of benzene rings is 2. The van der Waals surface area contributed by atoms with Gasteiger partial charge in [0.05, 0.1) is 19.4 Å². The van der Waals surface area contributed by atoms with Gasteiger partial charge in [0.15, 0.2) is 0 Å². The normalized spacial score (nSPS) is 10.3. The average Bonchev–Trinajstić information content (AvgIpc) is 2.72. The Morgan fingerprint density at radius 3 is 2.22 bits per heavy atom. The van der Waals surface area contributed by atoms with Crippen LogP contribution in [0.25, 0.3) is 22.4 Å². The summed E-state index contributed by atoms with van der Waals surface area (Å²) in [5, 5.41) is 9.55. The fourth-order valence-electron chi connectivity index (χ4n) is 2.77. The zero-order valence-corrected chi connectivity index (χ0v) is 15.4. The molecule has 0 bridgehead atoms. The number of ether oxygens (including phenoxy) is 2. The Balaban J connectivity index is 2.03. The molecule has 0 atom stereocenters. The van der Waals surface area contributed by atoms with Gasteiger partial charge in [0.1, 0.15) is 28.9 Å². The quantitative estimate of drug-likeness (QED) is 0.692. The average molecular weight is 359 g/mol. The van der Waals surface area contributed by atoms with E-state index in [0.717, 1.165) is 34.6 Å². The number of pyridine rings is 1. The number of hydrogen-bond acceptors (Lipinski definition) is 5. The Morgan fingerprint density at radius 2 is 1.63 bits per heavy atom. The predicted molar refractivity (Wildman–Crippen MR) is 107 cm³/mol. The number of methoxy groups -OCH3 is 1. The lowest BCUT2D eigenvalue weighted by Crippen LogP contribution is -2.00. The van der Waals surface area contributed by atoms with Crippen molar-refractivity contribution in [2.45, 2.75) is 13.3 Å². The van der Waals surface area contributed by atoms with Crippen molar-refractivity contribution in [3.05, 3.63) is 60.2 Å². The third-order valence-electron chi connectivity index (χ3n) is 4.18. The number of nitrogen functional groups attached to an aromatic ring is 1. The molecule has 0 saturated heterocycles. The maximum atomic E-state index is 9.55. The van der Waals surface area contributed by atoms with Crippen LogP contribution in [0.15, 0.2) is 54.6 Å². The smallest absolute Gasteiger partial charge is 0.142 e. The predicted octanol–water partition coefficient (Wildman–Crippen LogP) is 4.67. The van der Waals surface area contributed by atoms with Gasteiger partial charge in [0, 0.05) is 11.1 Å². The largest absolute Gasteiger partial charge is 0.497 e. The van der Waals surface area contributed by atoms with Crippen LogP contribution in [-0.4, -0.2) is 18.7 Å². The van der Waals surface area contributed by atoms with Crippen LogP contribution in [0.3, 0.4) is 0 Å². The summed E-state index contributed by atoms with van der Waals surface area (Å²) in [7, 11) is 1.62. The third kappa shape index (κ3) is 4.01. The number of aromatic nitrogens is 1. The minimum Gasteiger partial charge on any atom is -0.497 e. The number of hydrogen-bond donors (Lipinski definition) is 1. The second-order valence-corrected chi connectivity index (χ2v) is 6.03. The first-order chi connectivity index (χ1) is 13.2. The van der Waals surface area contributed by atoms with Crippen LogP contribution >= 0.6 is 0 Å². The van der Waals surface area contributed by atoms with Gasteiger partial charge in [0.25, 0.3) is 0 Å². The van der Waals surface area contributed by atoms with Crippen molar-refractivity contribution in [3.8, 4) is 40.0 Å². The van der Waals surface area contributed by atoms with Gasteiger partial charge in [0.2, 0.25) is 0 Å². The summed E-state index contributed by atoms with van der Waals surface area (Å²) in [4.78, 5) is 4.40. The Morgan fingerprint density at radius 1 is 1.00 bits per heavy atom. The van der Waals surface area contributed by atoms with E-state index in [2.05, 4.69) is 18.0 Å². The topological polar surface area (TPSA) is 81.2 Å². The monoisotopic (exact) mass is 359 g/mol. The van der Waals surface area contributed by atoms with Crippen LogP contribution in [0.1, 0.15) is 18.9 Å². The molecule has 2 N–H and O–H groups in total. The molecule has 0 saturated carbocycles. The minimum absolute atomic E-state index is 0.215. The highest BCUT2D eigenvalue weighted by Gasteiger charge is 2.13. The highest BCUT2D eigenvalue weighted by atomic mass is 16.5. The number of nitriles is 1. The van der Waals surface area contributed by atoms with Crippen molar-refractivity contribution in [2.75, 3.05) is 19.5 Å². The molecule has 1 aromatic heterocycles. The van der Waals surface area contributed by atoms with Gasteiger partial charge in [-0.1, -0.05) is 19.1 Å². The first-order valence-corrected chi connectivity index (χ1v) is 8.74. The SMILES string of the molecule is CCCOc1ccc(-c2cc(-c3ccc(OC)cc3)nc(N)c2C#N)cc1. The molecule has 0 aliphatic heterocycles. The minimum atomic E-state index is 0.215. The molecule has 136 valence electrons. The Hall–Kier alpha value is -3.52. The molecule has 5 heteroatoms. The van der Waals surface area contributed by atoms with Crippen molar-refractivity contribution in [1.29, 1.82) is 5.26 Å². The second-order valence-electron chi connectivity index (χ2n) is 6.03. The maximum Gasteiger partial charge on any atom is 0.142 e. The van der Waals surface area contributed by atoms with Gasteiger partial charge in [-0.25, -0.2) is 4.98 Å². The third-order valence-corrected chi connectivity index (χ3v) is 4.18. The first kappa shape index (κ1) is 18.3. The lowest BCUT2D eigenvalue weighted by atomic mass is 9.98. The van der Waals surface area contributed by atoms with Gasteiger partial charge in [-0.15, -0.1) is 0 Å². The Bertz CT molecular complexity index is 959. The Labute approximate surface area is 159 Å². The van der Waals surface area contributed by atoms with E-state index in [4.69, 9.17) is 15.2 Å². The molecule has 3 rings (SSSR count). The molecule has 27 heavy (non-hydrogen) atoms. The van der Waals surface area contributed by atoms with Gasteiger partial charge in [-0.05, 0) is 54.4 Å². The van der Waals surface area contributed by atoms with E-state index in [1.54, 1.807) is 7.11 Å². The van der Waals surface area contributed by atoms with E-state index >= 15 is 0 Å². The van der Waals surface area contributed by atoms with E-state index < -0.39 is 0 Å². The summed E-state index contributed by atoms with van der Waals surface area (Å²) in [5.74, 6) is 1.78. The zero-order chi connectivity index (χ0) is 19.2. The lowest BCUT2D eigenvalue weighted by molar-refractivity contribution is 0.317. The summed E-state index contributed by atoms with van der Waals surface area (Å²) in [6.07, 6.45) is 0.951. The van der Waals surface area contributed by atoms with E-state index in [0.29, 0.717) is 17.9 Å². The molecule has 0 spiro atoms. The molecule has 0 unspecified atom stereocenters. The molecule has 3 aromatic rings. The zero-order valence-electron chi connectivity index (χ0n) is 15.4. The van der Waals surface area contributed by atoms with Gasteiger partial charge >= 0.3 is 0 Å². The number of nitrogens with zero attached hydrogens (tertiary/aromatic N) is 2. The molecule has 0 fully saturated rings. The number of anilines is 1. The summed E-state index contributed by atoms with van der Waals surface area (Å²) in [6, 6.07) is 19.3. The lowest BCUT2D eigenvalue weighted by Gasteiger charge is -2.11. The second kappa shape index (κ2) is 8.24. The molecule has 0 radical (unpaired) electrons. The summed E-state index contributed by atoms with van der Waals surface area (Å²) in [5.41, 5.74) is 9.69. The summed E-state index contributed by atoms with van der Waals surface area (Å²) < 4.78 is 10.8. The van der Waals surface area contributed by atoms with Crippen LogP contribution in [0, 0.1) is 11.3 Å². The molecule has 5 nitrogen and oxygen atoms in total. The van der Waals surface area contributed by atoms with Crippen molar-refractivity contribution < 1.29 is 9.47 Å². The summed E-state index contributed by atoms with van der Waals surface area (Å²) in [6.45, 7) is 2.74. The van der Waals surface area contributed by atoms with Gasteiger partial charge < -0.3 is 15.2 Å². The highest BCUT2D eigenvalue weighted by Crippen LogP contribution is 2.32. The number of rotatable bonds is 6. The van der Waals surface area contributed by atoms with Crippen molar-refractivity contribution in [3.63, 3.8) is 0 Å². The van der Waals surface area contributed by atoms with Crippen molar-refractivity contribution in [1.82, 2.24) is 4.98 Å².